The Bertz CT molecular complexity index is 474. The number of ether oxygens (including phenoxy) is 2. The van der Waals surface area contributed by atoms with Gasteiger partial charge in [-0.15, -0.1) is 0 Å². The van der Waals surface area contributed by atoms with E-state index in [9.17, 15) is 9.59 Å². The van der Waals surface area contributed by atoms with Crippen LogP contribution in [0.4, 0.5) is 4.79 Å². The molecule has 0 aromatic carbocycles. The molecule has 0 aromatic rings. The predicted molar refractivity (Wildman–Crippen MR) is 96.6 cm³/mol. The fourth-order valence-corrected chi connectivity index (χ4v) is 2.54. The van der Waals surface area contributed by atoms with E-state index in [1.807, 2.05) is 20.8 Å². The summed E-state index contributed by atoms with van der Waals surface area (Å²) < 4.78 is 10.2. The third-order valence-electron chi connectivity index (χ3n) is 3.57. The number of nitrogens with one attached hydrogen (secondary N) is 2. The molecule has 2 N–H and O–H groups in total. The molecule has 8 heteroatoms. The molecule has 144 valence electrons. The number of carbonyl (C=O) groups excluding carboxylic acids is 2. The van der Waals surface area contributed by atoms with Crippen molar-refractivity contribution in [3.8, 4) is 0 Å². The lowest BCUT2D eigenvalue weighted by molar-refractivity contribution is -0.143. The smallest absolute Gasteiger partial charge is 0.407 e. The highest BCUT2D eigenvalue weighted by atomic mass is 16.6. The summed E-state index contributed by atoms with van der Waals surface area (Å²) in [6, 6.07) is 0.0351. The second-order valence-electron chi connectivity index (χ2n) is 6.96. The van der Waals surface area contributed by atoms with Crippen LogP contribution in [0, 0.1) is 0 Å². The first kappa shape index (κ1) is 21.1. The molecule has 1 unspecified atom stereocenters. The number of likely N-dealkylation sites (tertiary alicyclic amines) is 1. The molecule has 1 heterocycles. The Kier molecular flexibility index (Phi) is 8.51. The predicted octanol–water partition coefficient (Wildman–Crippen LogP) is 1.50. The number of alkyl carbamates (subject to hydrolysis) is 1. The van der Waals surface area contributed by atoms with Crippen molar-refractivity contribution >= 4 is 18.0 Å². The van der Waals surface area contributed by atoms with Crippen molar-refractivity contribution in [1.82, 2.24) is 15.5 Å². The molecule has 1 atom stereocenters. The van der Waals surface area contributed by atoms with Gasteiger partial charge in [-0.25, -0.2) is 4.79 Å². The van der Waals surface area contributed by atoms with Crippen LogP contribution < -0.4 is 10.6 Å². The van der Waals surface area contributed by atoms with Crippen molar-refractivity contribution in [2.75, 3.05) is 33.3 Å². The summed E-state index contributed by atoms with van der Waals surface area (Å²) in [5.41, 5.74) is -0.501. The summed E-state index contributed by atoms with van der Waals surface area (Å²) in [4.78, 5) is 29.5. The molecule has 0 aliphatic carbocycles. The van der Waals surface area contributed by atoms with Gasteiger partial charge in [-0.3, -0.25) is 9.79 Å². The summed E-state index contributed by atoms with van der Waals surface area (Å²) in [5, 5.41) is 6.14. The molecule has 8 nitrogen and oxygen atoms in total. The molecule has 1 saturated heterocycles. The maximum Gasteiger partial charge on any atom is 0.407 e. The first-order valence-electron chi connectivity index (χ1n) is 8.86. The van der Waals surface area contributed by atoms with Gasteiger partial charge < -0.3 is 25.0 Å². The zero-order valence-corrected chi connectivity index (χ0v) is 16.1. The number of carbonyl (C=O) groups is 2. The molecule has 0 bridgehead atoms. The van der Waals surface area contributed by atoms with Crippen LogP contribution in [0.25, 0.3) is 0 Å². The van der Waals surface area contributed by atoms with Gasteiger partial charge in [0.2, 0.25) is 0 Å². The summed E-state index contributed by atoms with van der Waals surface area (Å²) in [7, 11) is 1.72. The normalized spacial score (nSPS) is 18.0. The van der Waals surface area contributed by atoms with Crippen LogP contribution in [0.1, 0.15) is 47.0 Å². The van der Waals surface area contributed by atoms with Crippen LogP contribution in [0.5, 0.6) is 0 Å². The largest absolute Gasteiger partial charge is 0.466 e. The standard InChI is InChI=1S/C17H32N4O4/c1-6-24-14(22)8-7-10-19-15(18-5)21-11-9-13(12-21)20-16(23)25-17(2,3)4/h13H,6-12H2,1-5H3,(H,18,19)(H,20,23). The monoisotopic (exact) mass is 356 g/mol. The summed E-state index contributed by atoms with van der Waals surface area (Å²) in [6.07, 6.45) is 1.52. The fraction of sp³-hybridized carbons (Fsp3) is 0.824. The summed E-state index contributed by atoms with van der Waals surface area (Å²) in [5.74, 6) is 0.597. The van der Waals surface area contributed by atoms with E-state index in [4.69, 9.17) is 9.47 Å². The van der Waals surface area contributed by atoms with Crippen molar-refractivity contribution in [3.63, 3.8) is 0 Å². The van der Waals surface area contributed by atoms with E-state index in [0.29, 0.717) is 32.5 Å². The van der Waals surface area contributed by atoms with Crippen molar-refractivity contribution in [2.24, 2.45) is 4.99 Å². The van der Waals surface area contributed by atoms with E-state index in [1.165, 1.54) is 0 Å². The molecule has 1 rings (SSSR count). The molecule has 1 aliphatic heterocycles. The van der Waals surface area contributed by atoms with Crippen LogP contribution in [0.15, 0.2) is 4.99 Å². The average molecular weight is 356 g/mol. The van der Waals surface area contributed by atoms with Crippen molar-refractivity contribution in [1.29, 1.82) is 0 Å². The minimum atomic E-state index is -0.501. The maximum atomic E-state index is 11.8. The second-order valence-corrected chi connectivity index (χ2v) is 6.96. The topological polar surface area (TPSA) is 92.3 Å². The molecule has 0 saturated carbocycles. The molecular weight excluding hydrogens is 324 g/mol. The van der Waals surface area contributed by atoms with E-state index >= 15 is 0 Å². The number of hydrogen-bond acceptors (Lipinski definition) is 5. The Morgan fingerprint density at radius 2 is 2.04 bits per heavy atom. The highest BCUT2D eigenvalue weighted by Gasteiger charge is 2.27. The summed E-state index contributed by atoms with van der Waals surface area (Å²) in [6.45, 7) is 9.86. The highest BCUT2D eigenvalue weighted by Crippen LogP contribution is 2.12. The van der Waals surface area contributed by atoms with Gasteiger partial charge in [0, 0.05) is 33.1 Å². The Morgan fingerprint density at radius 1 is 1.32 bits per heavy atom. The summed E-state index contributed by atoms with van der Waals surface area (Å²) >= 11 is 0. The zero-order valence-electron chi connectivity index (χ0n) is 16.1. The lowest BCUT2D eigenvalue weighted by Crippen LogP contribution is -2.44. The molecule has 1 aliphatic rings. The van der Waals surface area contributed by atoms with Crippen molar-refractivity contribution < 1.29 is 19.1 Å². The highest BCUT2D eigenvalue weighted by molar-refractivity contribution is 5.80. The second kappa shape index (κ2) is 10.1. The van der Waals surface area contributed by atoms with E-state index < -0.39 is 11.7 Å². The fourth-order valence-electron chi connectivity index (χ4n) is 2.54. The Hall–Kier alpha value is -1.99. The molecule has 0 radical (unpaired) electrons. The van der Waals surface area contributed by atoms with Crippen LogP contribution in [-0.2, 0) is 14.3 Å². The molecule has 25 heavy (non-hydrogen) atoms. The lowest BCUT2D eigenvalue weighted by Gasteiger charge is -2.23. The van der Waals surface area contributed by atoms with E-state index in [-0.39, 0.29) is 12.0 Å². The molecule has 0 spiro atoms. The SMILES string of the molecule is CCOC(=O)CCCNC(=NC)N1CCC(NC(=O)OC(C)(C)C)C1. The number of amides is 1. The first-order chi connectivity index (χ1) is 11.7. The Labute approximate surface area is 150 Å². The van der Waals surface area contributed by atoms with Gasteiger partial charge in [0.25, 0.3) is 0 Å². The van der Waals surface area contributed by atoms with E-state index in [2.05, 4.69) is 20.5 Å². The van der Waals surface area contributed by atoms with Gasteiger partial charge >= 0.3 is 12.1 Å². The third-order valence-corrected chi connectivity index (χ3v) is 3.57. The minimum absolute atomic E-state index is 0.0351. The van der Waals surface area contributed by atoms with Gasteiger partial charge in [-0.05, 0) is 40.5 Å². The molecular formula is C17H32N4O4. The van der Waals surface area contributed by atoms with Crippen LogP contribution in [0.3, 0.4) is 0 Å². The number of esters is 1. The number of nitrogens with zero attached hydrogens (tertiary/aromatic N) is 2. The Balaban J connectivity index is 2.32. The first-order valence-corrected chi connectivity index (χ1v) is 8.86. The van der Waals surface area contributed by atoms with Gasteiger partial charge in [0.05, 0.1) is 12.6 Å². The van der Waals surface area contributed by atoms with E-state index in [0.717, 1.165) is 18.9 Å². The number of aliphatic imine (C=N–C) groups is 1. The Morgan fingerprint density at radius 3 is 2.64 bits per heavy atom. The van der Waals surface area contributed by atoms with Gasteiger partial charge in [0.15, 0.2) is 5.96 Å². The number of guanidine groups is 1. The molecule has 1 amide bonds. The van der Waals surface area contributed by atoms with Crippen LogP contribution in [0.2, 0.25) is 0 Å². The van der Waals surface area contributed by atoms with Gasteiger partial charge in [-0.1, -0.05) is 0 Å². The average Bonchev–Trinajstić information content (AvgIpc) is 2.93. The quantitative estimate of drug-likeness (QED) is 0.324. The molecule has 1 fully saturated rings. The van der Waals surface area contributed by atoms with Crippen molar-refractivity contribution in [3.05, 3.63) is 0 Å². The minimum Gasteiger partial charge on any atom is -0.466 e. The number of hydrogen-bond donors (Lipinski definition) is 2. The van der Waals surface area contributed by atoms with Gasteiger partial charge in [-0.2, -0.15) is 0 Å². The van der Waals surface area contributed by atoms with E-state index in [1.54, 1.807) is 14.0 Å². The van der Waals surface area contributed by atoms with Crippen LogP contribution >= 0.6 is 0 Å². The zero-order chi connectivity index (χ0) is 18.9. The number of rotatable bonds is 6. The lowest BCUT2D eigenvalue weighted by atomic mass is 10.2. The maximum absolute atomic E-state index is 11.8. The van der Waals surface area contributed by atoms with Crippen molar-refractivity contribution in [2.45, 2.75) is 58.6 Å². The molecule has 0 aromatic heterocycles. The third kappa shape index (κ3) is 8.60. The van der Waals surface area contributed by atoms with Crippen LogP contribution in [-0.4, -0.2) is 67.9 Å². The van der Waals surface area contributed by atoms with Gasteiger partial charge in [0.1, 0.15) is 5.60 Å².